The number of halogens is 1. The third-order valence-electron chi connectivity index (χ3n) is 4.19. The van der Waals surface area contributed by atoms with Crippen molar-refractivity contribution in [3.8, 4) is 0 Å². The molecule has 3 rings (SSSR count). The van der Waals surface area contributed by atoms with Crippen LogP contribution >= 0.6 is 27.3 Å². The number of hydrogen-bond acceptors (Lipinski definition) is 4. The Hall–Kier alpha value is 0.0600. The molecule has 1 saturated carbocycles. The van der Waals surface area contributed by atoms with E-state index < -0.39 is 0 Å². The van der Waals surface area contributed by atoms with Gasteiger partial charge in [-0.25, -0.2) is 0 Å². The average Bonchev–Trinajstić information content (AvgIpc) is 3.00. The summed E-state index contributed by atoms with van der Waals surface area (Å²) in [4.78, 5) is 3.89. The molecule has 0 atom stereocenters. The predicted molar refractivity (Wildman–Crippen MR) is 80.4 cm³/mol. The molecule has 0 N–H and O–H groups in total. The van der Waals surface area contributed by atoms with Crippen molar-refractivity contribution in [3.63, 3.8) is 0 Å². The molecule has 3 nitrogen and oxygen atoms in total. The SMILES string of the molecule is CN(Cc1ccc(Br)s1)C1CCC2(CC1)OCCO2. The van der Waals surface area contributed by atoms with Gasteiger partial charge in [-0.05, 0) is 48.0 Å². The van der Waals surface area contributed by atoms with Crippen LogP contribution < -0.4 is 0 Å². The molecule has 1 saturated heterocycles. The highest BCUT2D eigenvalue weighted by molar-refractivity contribution is 9.11. The largest absolute Gasteiger partial charge is 0.348 e. The molecule has 0 unspecified atom stereocenters. The van der Waals surface area contributed by atoms with Gasteiger partial charge in [-0.1, -0.05) is 0 Å². The van der Waals surface area contributed by atoms with Gasteiger partial charge in [-0.3, -0.25) is 4.90 Å². The fourth-order valence-electron chi connectivity index (χ4n) is 3.08. The van der Waals surface area contributed by atoms with Crippen molar-refractivity contribution in [2.24, 2.45) is 0 Å². The lowest BCUT2D eigenvalue weighted by molar-refractivity contribution is -0.183. The Morgan fingerprint density at radius 1 is 1.32 bits per heavy atom. The second kappa shape index (κ2) is 5.82. The summed E-state index contributed by atoms with van der Waals surface area (Å²) in [6.45, 7) is 2.57. The summed E-state index contributed by atoms with van der Waals surface area (Å²) in [5.41, 5.74) is 0. The molecular formula is C14H20BrNO2S. The number of nitrogens with zero attached hydrogens (tertiary/aromatic N) is 1. The monoisotopic (exact) mass is 345 g/mol. The molecule has 106 valence electrons. The van der Waals surface area contributed by atoms with Gasteiger partial charge in [0.05, 0.1) is 17.0 Å². The predicted octanol–water partition coefficient (Wildman–Crippen LogP) is 3.63. The van der Waals surface area contributed by atoms with E-state index in [1.807, 2.05) is 11.3 Å². The molecule has 1 spiro atoms. The molecule has 1 aromatic rings. The zero-order valence-corrected chi connectivity index (χ0v) is 13.6. The Labute approximate surface area is 127 Å². The third-order valence-corrected chi connectivity index (χ3v) is 5.80. The standard InChI is InChI=1S/C14H20BrNO2S/c1-16(10-12-2-3-13(15)19-12)11-4-6-14(7-5-11)17-8-9-18-14/h2-3,11H,4-10H2,1H3. The molecule has 0 aromatic carbocycles. The molecule has 0 radical (unpaired) electrons. The lowest BCUT2D eigenvalue weighted by Crippen LogP contribution is -2.42. The van der Waals surface area contributed by atoms with Crippen molar-refractivity contribution in [3.05, 3.63) is 20.8 Å². The Bertz CT molecular complexity index is 421. The molecule has 0 amide bonds. The molecule has 1 aliphatic carbocycles. The molecule has 2 heterocycles. The number of rotatable bonds is 3. The highest BCUT2D eigenvalue weighted by Gasteiger charge is 2.40. The fourth-order valence-corrected chi connectivity index (χ4v) is 4.63. The number of ether oxygens (including phenoxy) is 2. The van der Waals surface area contributed by atoms with Crippen molar-refractivity contribution in [1.29, 1.82) is 0 Å². The van der Waals surface area contributed by atoms with E-state index >= 15 is 0 Å². The molecule has 5 heteroatoms. The highest BCUT2D eigenvalue weighted by Crippen LogP contribution is 2.37. The van der Waals surface area contributed by atoms with Gasteiger partial charge in [0, 0.05) is 30.3 Å². The Balaban J connectivity index is 1.53. The minimum Gasteiger partial charge on any atom is -0.348 e. The zero-order chi connectivity index (χ0) is 13.3. The van der Waals surface area contributed by atoms with Gasteiger partial charge in [0.1, 0.15) is 0 Å². The zero-order valence-electron chi connectivity index (χ0n) is 11.2. The Morgan fingerprint density at radius 3 is 2.58 bits per heavy atom. The minimum absolute atomic E-state index is 0.233. The Morgan fingerprint density at radius 2 is 2.00 bits per heavy atom. The maximum absolute atomic E-state index is 5.79. The van der Waals surface area contributed by atoms with Crippen LogP contribution in [0.2, 0.25) is 0 Å². The Kier molecular flexibility index (Phi) is 4.29. The van der Waals surface area contributed by atoms with E-state index in [-0.39, 0.29) is 5.79 Å². The first-order chi connectivity index (χ1) is 9.17. The molecule has 2 aliphatic rings. The summed E-state index contributed by atoms with van der Waals surface area (Å²) < 4.78 is 12.8. The van der Waals surface area contributed by atoms with Gasteiger partial charge in [-0.15, -0.1) is 11.3 Å². The smallest absolute Gasteiger partial charge is 0.168 e. The van der Waals surface area contributed by atoms with Gasteiger partial charge < -0.3 is 9.47 Å². The summed E-state index contributed by atoms with van der Waals surface area (Å²) >= 11 is 5.35. The normalized spacial score (nSPS) is 23.5. The van der Waals surface area contributed by atoms with E-state index in [1.54, 1.807) is 0 Å². The number of hydrogen-bond donors (Lipinski definition) is 0. The van der Waals surface area contributed by atoms with Crippen molar-refractivity contribution >= 4 is 27.3 Å². The van der Waals surface area contributed by atoms with Gasteiger partial charge in [0.15, 0.2) is 5.79 Å². The van der Waals surface area contributed by atoms with Crippen LogP contribution in [0.4, 0.5) is 0 Å². The van der Waals surface area contributed by atoms with Crippen molar-refractivity contribution in [1.82, 2.24) is 4.90 Å². The van der Waals surface area contributed by atoms with E-state index in [2.05, 4.69) is 40.0 Å². The maximum atomic E-state index is 5.79. The van der Waals surface area contributed by atoms with E-state index in [4.69, 9.17) is 9.47 Å². The highest BCUT2D eigenvalue weighted by atomic mass is 79.9. The lowest BCUT2D eigenvalue weighted by atomic mass is 9.89. The molecule has 0 bridgehead atoms. The van der Waals surface area contributed by atoms with E-state index in [0.717, 1.165) is 32.6 Å². The van der Waals surface area contributed by atoms with Gasteiger partial charge in [-0.2, -0.15) is 0 Å². The van der Waals surface area contributed by atoms with Crippen LogP contribution in [-0.2, 0) is 16.0 Å². The lowest BCUT2D eigenvalue weighted by Gasteiger charge is -2.38. The van der Waals surface area contributed by atoms with Gasteiger partial charge in [0.25, 0.3) is 0 Å². The fraction of sp³-hybridized carbons (Fsp3) is 0.714. The second-order valence-corrected chi connectivity index (χ2v) is 8.01. The number of thiophene rings is 1. The van der Waals surface area contributed by atoms with Crippen LogP contribution in [0.3, 0.4) is 0 Å². The molecule has 1 aromatic heterocycles. The topological polar surface area (TPSA) is 21.7 Å². The van der Waals surface area contributed by atoms with Crippen LogP contribution in [0.1, 0.15) is 30.6 Å². The summed E-state index contributed by atoms with van der Waals surface area (Å²) in [7, 11) is 2.23. The van der Waals surface area contributed by atoms with E-state index in [9.17, 15) is 0 Å². The minimum atomic E-state index is -0.233. The van der Waals surface area contributed by atoms with E-state index in [1.165, 1.54) is 21.5 Å². The van der Waals surface area contributed by atoms with Crippen LogP contribution in [0.5, 0.6) is 0 Å². The molecule has 19 heavy (non-hydrogen) atoms. The average molecular weight is 346 g/mol. The first kappa shape index (κ1) is 14.0. The van der Waals surface area contributed by atoms with Crippen LogP contribution in [0.25, 0.3) is 0 Å². The molecule has 1 aliphatic heterocycles. The van der Waals surface area contributed by atoms with Crippen molar-refractivity contribution in [2.75, 3.05) is 20.3 Å². The summed E-state index contributed by atoms with van der Waals surface area (Å²) in [6.07, 6.45) is 4.42. The van der Waals surface area contributed by atoms with Crippen LogP contribution in [0.15, 0.2) is 15.9 Å². The molecular weight excluding hydrogens is 326 g/mol. The molecule has 2 fully saturated rings. The van der Waals surface area contributed by atoms with Gasteiger partial charge in [0.2, 0.25) is 0 Å². The van der Waals surface area contributed by atoms with Crippen LogP contribution in [-0.4, -0.2) is 37.0 Å². The summed E-state index contributed by atoms with van der Waals surface area (Å²) in [5, 5.41) is 0. The third kappa shape index (κ3) is 3.22. The van der Waals surface area contributed by atoms with Crippen LogP contribution in [0, 0.1) is 0 Å². The summed E-state index contributed by atoms with van der Waals surface area (Å²) in [5.74, 6) is -0.233. The summed E-state index contributed by atoms with van der Waals surface area (Å²) in [6, 6.07) is 4.99. The van der Waals surface area contributed by atoms with Gasteiger partial charge >= 0.3 is 0 Å². The maximum Gasteiger partial charge on any atom is 0.168 e. The second-order valence-electron chi connectivity index (χ2n) is 5.46. The van der Waals surface area contributed by atoms with Crippen molar-refractivity contribution in [2.45, 2.75) is 44.1 Å². The first-order valence-electron chi connectivity index (χ1n) is 6.89. The first-order valence-corrected chi connectivity index (χ1v) is 8.50. The van der Waals surface area contributed by atoms with E-state index in [0.29, 0.717) is 6.04 Å². The van der Waals surface area contributed by atoms with Crippen molar-refractivity contribution < 1.29 is 9.47 Å². The quantitative estimate of drug-likeness (QED) is 0.834.